The van der Waals surface area contributed by atoms with E-state index in [1.165, 1.54) is 122 Å². The summed E-state index contributed by atoms with van der Waals surface area (Å²) in [4.78, 5) is 71.8. The van der Waals surface area contributed by atoms with Crippen molar-refractivity contribution in [2.24, 2.45) is 5.92 Å². The molecule has 0 aromatic rings. The number of hydrogen-bond donors (Lipinski definition) is 3. The van der Waals surface area contributed by atoms with Crippen LogP contribution >= 0.6 is 15.6 Å². The maximum Gasteiger partial charge on any atom is 0.472 e. The van der Waals surface area contributed by atoms with Crippen LogP contribution in [0, 0.1) is 5.92 Å². The monoisotopic (exact) mass is 1280 g/mol. The number of hydrogen-bond acceptors (Lipinski definition) is 15. The summed E-state index contributed by atoms with van der Waals surface area (Å²) in [5.41, 5.74) is 0. The van der Waals surface area contributed by atoms with E-state index >= 15 is 0 Å². The normalized spacial score (nSPS) is 14.6. The van der Waals surface area contributed by atoms with E-state index in [0.29, 0.717) is 25.7 Å². The minimum Gasteiger partial charge on any atom is -0.462 e. The fourth-order valence-corrected chi connectivity index (χ4v) is 11.3. The summed E-state index contributed by atoms with van der Waals surface area (Å²) in [6.45, 7) is 7.03. The van der Waals surface area contributed by atoms with E-state index in [4.69, 9.17) is 37.0 Å². The van der Waals surface area contributed by atoms with Gasteiger partial charge in [-0.2, -0.15) is 0 Å². The lowest BCUT2D eigenvalue weighted by Gasteiger charge is -2.21. The summed E-state index contributed by atoms with van der Waals surface area (Å²) >= 11 is 0. The predicted molar refractivity (Wildman–Crippen MR) is 349 cm³/mol. The summed E-state index contributed by atoms with van der Waals surface area (Å²) in [6.07, 6.45) is 50.4. The van der Waals surface area contributed by atoms with Crippen molar-refractivity contribution < 1.29 is 80.2 Å². The first-order valence-electron chi connectivity index (χ1n) is 35.0. The molecule has 17 nitrogen and oxygen atoms in total. The second kappa shape index (κ2) is 61.1. The van der Waals surface area contributed by atoms with Crippen molar-refractivity contribution in [2.75, 3.05) is 39.6 Å². The molecule has 0 heterocycles. The minimum atomic E-state index is -4.95. The smallest absolute Gasteiger partial charge is 0.462 e. The lowest BCUT2D eigenvalue weighted by Crippen LogP contribution is -2.30. The van der Waals surface area contributed by atoms with Crippen molar-refractivity contribution in [3.8, 4) is 0 Å². The molecule has 0 rings (SSSR count). The largest absolute Gasteiger partial charge is 0.472 e. The molecule has 87 heavy (non-hydrogen) atoms. The number of carbonyl (C=O) groups excluding carboxylic acids is 4. The zero-order valence-electron chi connectivity index (χ0n) is 55.6. The molecule has 3 N–H and O–H groups in total. The van der Waals surface area contributed by atoms with E-state index in [-0.39, 0.29) is 25.7 Å². The second-order valence-electron chi connectivity index (χ2n) is 24.1. The number of unbranched alkanes of at least 4 members (excludes halogenated alkanes) is 34. The fraction of sp³-hybridized carbons (Fsp3) is 0.882. The fourth-order valence-electron chi connectivity index (χ4n) is 9.72. The molecule has 512 valence electrons. The van der Waals surface area contributed by atoms with Crippen molar-refractivity contribution in [3.63, 3.8) is 0 Å². The molecule has 0 spiro atoms. The van der Waals surface area contributed by atoms with Gasteiger partial charge in [0, 0.05) is 25.7 Å². The van der Waals surface area contributed by atoms with Gasteiger partial charge in [0.25, 0.3) is 0 Å². The number of esters is 4. The molecular formula is C68H128O17P2. The summed E-state index contributed by atoms with van der Waals surface area (Å²) < 4.78 is 67.6. The van der Waals surface area contributed by atoms with Crippen LogP contribution in [0.1, 0.15) is 324 Å². The molecule has 0 aliphatic carbocycles. The van der Waals surface area contributed by atoms with E-state index in [1.54, 1.807) is 0 Å². The maximum absolute atomic E-state index is 13.0. The number of ether oxygens (including phenoxy) is 4. The van der Waals surface area contributed by atoms with Gasteiger partial charge >= 0.3 is 39.5 Å². The van der Waals surface area contributed by atoms with Crippen LogP contribution in [0.2, 0.25) is 0 Å². The number of phosphoric ester groups is 2. The third-order valence-electron chi connectivity index (χ3n) is 15.5. The Balaban J connectivity index is 5.07. The van der Waals surface area contributed by atoms with Gasteiger partial charge in [-0.25, -0.2) is 9.13 Å². The highest BCUT2D eigenvalue weighted by atomic mass is 31.2. The van der Waals surface area contributed by atoms with E-state index in [1.807, 2.05) is 0 Å². The van der Waals surface area contributed by atoms with E-state index < -0.39 is 97.5 Å². The van der Waals surface area contributed by atoms with Crippen molar-refractivity contribution in [1.82, 2.24) is 0 Å². The van der Waals surface area contributed by atoms with Crippen LogP contribution in [-0.2, 0) is 65.4 Å². The summed E-state index contributed by atoms with van der Waals surface area (Å²) in [7, 11) is -9.88. The van der Waals surface area contributed by atoms with E-state index in [9.17, 15) is 43.2 Å². The van der Waals surface area contributed by atoms with Gasteiger partial charge in [-0.1, -0.05) is 271 Å². The Hall–Kier alpha value is -2.46. The minimum absolute atomic E-state index is 0.0966. The number of allylic oxidation sites excluding steroid dienone is 4. The molecule has 0 saturated carbocycles. The lowest BCUT2D eigenvalue weighted by atomic mass is 9.99. The van der Waals surface area contributed by atoms with Gasteiger partial charge in [-0.15, -0.1) is 0 Å². The van der Waals surface area contributed by atoms with Gasteiger partial charge in [0.1, 0.15) is 19.3 Å². The van der Waals surface area contributed by atoms with Crippen molar-refractivity contribution in [3.05, 3.63) is 24.3 Å². The van der Waals surface area contributed by atoms with Crippen LogP contribution in [0.3, 0.4) is 0 Å². The molecule has 0 fully saturated rings. The van der Waals surface area contributed by atoms with E-state index in [2.05, 4.69) is 58.9 Å². The Labute approximate surface area is 529 Å². The van der Waals surface area contributed by atoms with E-state index in [0.717, 1.165) is 121 Å². The Bertz CT molecular complexity index is 1780. The van der Waals surface area contributed by atoms with Crippen molar-refractivity contribution in [2.45, 2.75) is 342 Å². The number of rotatable bonds is 66. The maximum atomic E-state index is 13.0. The molecule has 0 aromatic heterocycles. The molecule has 0 aliphatic rings. The third kappa shape index (κ3) is 60.9. The average Bonchev–Trinajstić information content (AvgIpc) is 3.54. The molecule has 0 bridgehead atoms. The third-order valence-corrected chi connectivity index (χ3v) is 17.4. The molecule has 0 saturated heterocycles. The first-order valence-corrected chi connectivity index (χ1v) is 38.0. The molecule has 0 aromatic carbocycles. The van der Waals surface area contributed by atoms with Crippen LogP contribution in [0.15, 0.2) is 24.3 Å². The summed E-state index contributed by atoms with van der Waals surface area (Å²) in [6, 6.07) is 0. The first-order chi connectivity index (χ1) is 42.1. The predicted octanol–water partition coefficient (Wildman–Crippen LogP) is 18.9. The number of carbonyl (C=O) groups is 4. The molecule has 6 atom stereocenters. The second-order valence-corrected chi connectivity index (χ2v) is 27.0. The number of phosphoric acid groups is 2. The Morgan fingerprint density at radius 3 is 0.977 bits per heavy atom. The van der Waals surface area contributed by atoms with Crippen LogP contribution in [0.5, 0.6) is 0 Å². The van der Waals surface area contributed by atoms with Gasteiger partial charge in [-0.05, 0) is 57.3 Å². The molecular weight excluding hydrogens is 1150 g/mol. The zero-order chi connectivity index (χ0) is 64.2. The lowest BCUT2D eigenvalue weighted by molar-refractivity contribution is -0.161. The van der Waals surface area contributed by atoms with Crippen molar-refractivity contribution in [1.29, 1.82) is 0 Å². The summed E-state index contributed by atoms with van der Waals surface area (Å²) in [5.74, 6) is -1.31. The highest BCUT2D eigenvalue weighted by Gasteiger charge is 2.30. The number of aliphatic hydroxyl groups is 1. The van der Waals surface area contributed by atoms with Crippen LogP contribution in [0.25, 0.3) is 0 Å². The average molecular weight is 1280 g/mol. The summed E-state index contributed by atoms with van der Waals surface area (Å²) in [5, 5.41) is 10.5. The number of aliphatic hydroxyl groups excluding tert-OH is 1. The zero-order valence-corrected chi connectivity index (χ0v) is 57.4. The highest BCUT2D eigenvalue weighted by molar-refractivity contribution is 7.47. The molecule has 0 amide bonds. The Morgan fingerprint density at radius 2 is 0.644 bits per heavy atom. The SMILES string of the molecule is CCCCCC/C=C\C=C/CCCCCCCC(=O)OC[C@H](COP(=O)(O)OC[C@@H](O)COP(=O)(O)OC[C@@H](COC(=O)CCCCCCC)OC(=O)CCCCCCC)OC(=O)CCCCCCCCCCCCCCCCCCCCC(C)CC. The molecule has 0 aliphatic heterocycles. The van der Waals surface area contributed by atoms with Crippen LogP contribution in [-0.4, -0.2) is 96.7 Å². The first kappa shape index (κ1) is 84.5. The Kier molecular flexibility index (Phi) is 59.3. The molecule has 3 unspecified atom stereocenters. The molecule has 19 heteroatoms. The molecule has 0 radical (unpaired) electrons. The van der Waals surface area contributed by atoms with Crippen molar-refractivity contribution >= 4 is 39.5 Å². The van der Waals surface area contributed by atoms with Gasteiger partial charge in [0.15, 0.2) is 12.2 Å². The quantitative estimate of drug-likeness (QED) is 0.0169. The van der Waals surface area contributed by atoms with Crippen LogP contribution < -0.4 is 0 Å². The topological polar surface area (TPSA) is 237 Å². The highest BCUT2D eigenvalue weighted by Crippen LogP contribution is 2.45. The van der Waals surface area contributed by atoms with Gasteiger partial charge in [0.05, 0.1) is 26.4 Å². The standard InChI is InChI=1S/C68H128O17P2/c1-6-10-13-16-17-18-19-20-25-29-32-35-38-43-47-52-66(71)79-58-64(85-68(73)54-49-44-39-36-33-30-27-24-22-21-23-26-28-31-34-37-42-45-50-61(5)9-4)60-83-87(76,77)81-56-62(69)55-80-86(74,75)82-59-63(84-67(72)53-48-41-15-12-8-3)57-78-65(70)51-46-40-14-11-7-2/h18-20,25,61-64,69H,6-17,21-24,26-60H2,1-5H3,(H,74,75)(H,76,77)/b19-18-,25-20-/t61?,62-,63+,64+/m0/s1. The van der Waals surface area contributed by atoms with Gasteiger partial charge < -0.3 is 33.8 Å². The Morgan fingerprint density at radius 1 is 0.368 bits per heavy atom. The van der Waals surface area contributed by atoms with Crippen LogP contribution in [0.4, 0.5) is 0 Å². The van der Waals surface area contributed by atoms with Gasteiger partial charge in [-0.3, -0.25) is 37.3 Å². The van der Waals surface area contributed by atoms with Gasteiger partial charge in [0.2, 0.25) is 0 Å².